The highest BCUT2D eigenvalue weighted by molar-refractivity contribution is 6.04. The topological polar surface area (TPSA) is 67.1 Å². The molecule has 0 amide bonds. The molecular weight excluding hydrogens is 290 g/mol. The van der Waals surface area contributed by atoms with E-state index in [0.29, 0.717) is 11.3 Å². The molecule has 0 bridgehead atoms. The molecule has 0 unspecified atom stereocenters. The van der Waals surface area contributed by atoms with Crippen LogP contribution >= 0.6 is 0 Å². The molecule has 23 heavy (non-hydrogen) atoms. The van der Waals surface area contributed by atoms with Gasteiger partial charge in [0.25, 0.3) is 0 Å². The maximum Gasteiger partial charge on any atom is 0.229 e. The van der Waals surface area contributed by atoms with Gasteiger partial charge in [-0.1, -0.05) is 0 Å². The van der Waals surface area contributed by atoms with E-state index in [0.717, 1.165) is 42.7 Å². The van der Waals surface area contributed by atoms with Gasteiger partial charge in [-0.25, -0.2) is 15.0 Å². The zero-order valence-corrected chi connectivity index (χ0v) is 13.6. The molecule has 1 N–H and O–H groups in total. The Morgan fingerprint density at radius 1 is 1.22 bits per heavy atom. The van der Waals surface area contributed by atoms with Crippen molar-refractivity contribution in [1.82, 2.24) is 19.9 Å². The minimum atomic E-state index is 0.678. The van der Waals surface area contributed by atoms with Crippen molar-refractivity contribution in [2.75, 3.05) is 32.5 Å². The zero-order valence-electron chi connectivity index (χ0n) is 13.6. The molecule has 3 aromatic rings. The van der Waals surface area contributed by atoms with Gasteiger partial charge in [0, 0.05) is 18.8 Å². The van der Waals surface area contributed by atoms with E-state index in [1.54, 1.807) is 6.33 Å². The Hall–Kier alpha value is -2.21. The van der Waals surface area contributed by atoms with Gasteiger partial charge >= 0.3 is 0 Å². The number of pyridine rings is 1. The maximum absolute atomic E-state index is 5.99. The van der Waals surface area contributed by atoms with Crippen LogP contribution in [-0.2, 0) is 12.8 Å². The Balaban J connectivity index is 1.78. The smallest absolute Gasteiger partial charge is 0.229 e. The first kappa shape index (κ1) is 14.4. The van der Waals surface area contributed by atoms with Gasteiger partial charge in [-0.05, 0) is 51.4 Å². The summed E-state index contributed by atoms with van der Waals surface area (Å²) < 4.78 is 5.99. The largest absolute Gasteiger partial charge is 0.432 e. The van der Waals surface area contributed by atoms with Gasteiger partial charge in [0.05, 0.1) is 5.39 Å². The fourth-order valence-corrected chi connectivity index (χ4v) is 3.14. The number of nitrogens with one attached hydrogen (secondary N) is 1. The highest BCUT2D eigenvalue weighted by Gasteiger charge is 2.18. The number of hydrogen-bond donors (Lipinski definition) is 1. The third kappa shape index (κ3) is 2.63. The lowest BCUT2D eigenvalue weighted by atomic mass is 9.95. The van der Waals surface area contributed by atoms with E-state index >= 15 is 0 Å². The van der Waals surface area contributed by atoms with Crippen molar-refractivity contribution >= 4 is 28.0 Å². The maximum atomic E-state index is 5.99. The third-order valence-electron chi connectivity index (χ3n) is 4.37. The molecule has 3 heterocycles. The number of fused-ring (bicyclic) bond motifs is 4. The monoisotopic (exact) mass is 311 g/mol. The minimum Gasteiger partial charge on any atom is -0.432 e. The van der Waals surface area contributed by atoms with E-state index < -0.39 is 0 Å². The van der Waals surface area contributed by atoms with Crippen LogP contribution in [-0.4, -0.2) is 47.0 Å². The van der Waals surface area contributed by atoms with Gasteiger partial charge in [-0.2, -0.15) is 0 Å². The highest BCUT2D eigenvalue weighted by atomic mass is 16.3. The molecule has 120 valence electrons. The molecule has 0 fully saturated rings. The van der Waals surface area contributed by atoms with E-state index in [1.807, 2.05) is 14.1 Å². The van der Waals surface area contributed by atoms with Crippen molar-refractivity contribution in [1.29, 1.82) is 0 Å². The molecule has 0 atom stereocenters. The second kappa shape index (κ2) is 5.77. The molecule has 1 aliphatic rings. The van der Waals surface area contributed by atoms with Crippen molar-refractivity contribution < 1.29 is 4.42 Å². The molecule has 0 saturated carbocycles. The van der Waals surface area contributed by atoms with Crippen LogP contribution in [0, 0.1) is 0 Å². The Morgan fingerprint density at radius 2 is 2.09 bits per heavy atom. The van der Waals surface area contributed by atoms with E-state index in [1.165, 1.54) is 24.1 Å². The Bertz CT molecular complexity index is 855. The molecule has 6 heteroatoms. The van der Waals surface area contributed by atoms with E-state index in [2.05, 4.69) is 26.3 Å². The predicted molar refractivity (Wildman–Crippen MR) is 90.8 cm³/mol. The van der Waals surface area contributed by atoms with Crippen LogP contribution in [0.15, 0.2) is 16.8 Å². The lowest BCUT2D eigenvalue weighted by Gasteiger charge is -2.13. The molecule has 0 aromatic carbocycles. The van der Waals surface area contributed by atoms with Gasteiger partial charge < -0.3 is 14.6 Å². The van der Waals surface area contributed by atoms with Crippen molar-refractivity contribution in [3.63, 3.8) is 0 Å². The summed E-state index contributed by atoms with van der Waals surface area (Å²) in [4.78, 5) is 15.6. The van der Waals surface area contributed by atoms with Crippen molar-refractivity contribution in [3.8, 4) is 0 Å². The van der Waals surface area contributed by atoms with Crippen LogP contribution < -0.4 is 5.32 Å². The first-order valence-corrected chi connectivity index (χ1v) is 8.17. The molecule has 0 aliphatic heterocycles. The second-order valence-electron chi connectivity index (χ2n) is 6.39. The number of likely N-dealkylation sites (N-methyl/N-ethyl adjacent to an activating group) is 1. The van der Waals surface area contributed by atoms with Crippen molar-refractivity contribution in [2.24, 2.45) is 0 Å². The number of aromatic nitrogens is 3. The average Bonchev–Trinajstić information content (AvgIpc) is 2.91. The van der Waals surface area contributed by atoms with Crippen LogP contribution in [0.5, 0.6) is 0 Å². The number of rotatable bonds is 4. The number of hydrogen-bond acceptors (Lipinski definition) is 6. The van der Waals surface area contributed by atoms with E-state index in [4.69, 9.17) is 9.40 Å². The molecule has 4 rings (SSSR count). The van der Waals surface area contributed by atoms with E-state index in [-0.39, 0.29) is 0 Å². The summed E-state index contributed by atoms with van der Waals surface area (Å²) in [5, 5.41) is 4.33. The lowest BCUT2D eigenvalue weighted by Crippen LogP contribution is -2.21. The van der Waals surface area contributed by atoms with Crippen LogP contribution in [0.2, 0.25) is 0 Å². The average molecular weight is 311 g/mol. The zero-order chi connectivity index (χ0) is 15.8. The minimum absolute atomic E-state index is 0.678. The number of nitrogens with zero attached hydrogens (tertiary/aromatic N) is 4. The fraction of sp³-hybridized carbons (Fsp3) is 0.471. The Kier molecular flexibility index (Phi) is 3.61. The predicted octanol–water partition coefficient (Wildman–Crippen LogP) is 2.62. The summed E-state index contributed by atoms with van der Waals surface area (Å²) in [6, 6.07) is 2.21. The molecule has 0 spiro atoms. The standard InChI is InChI=1S/C17H21N5O/c1-22(2)8-7-18-16-15-14(19-10-20-16)12-9-11-5-3-4-6-13(11)21-17(12)23-15/h9-10H,3-8H2,1-2H3,(H,18,19,20). The SMILES string of the molecule is CN(C)CCNc1ncnc2c1oc1nc3c(cc12)CCCC3. The van der Waals surface area contributed by atoms with Crippen LogP contribution in [0.3, 0.4) is 0 Å². The summed E-state index contributed by atoms with van der Waals surface area (Å²) in [5.74, 6) is 0.743. The second-order valence-corrected chi connectivity index (χ2v) is 6.39. The summed E-state index contributed by atoms with van der Waals surface area (Å²) in [6.45, 7) is 1.73. The summed E-state index contributed by atoms with van der Waals surface area (Å²) in [5.41, 5.74) is 4.75. The van der Waals surface area contributed by atoms with Gasteiger partial charge in [0.1, 0.15) is 11.8 Å². The van der Waals surface area contributed by atoms with Crippen LogP contribution in [0.25, 0.3) is 22.2 Å². The summed E-state index contributed by atoms with van der Waals surface area (Å²) in [6.07, 6.45) is 6.19. The van der Waals surface area contributed by atoms with Crippen molar-refractivity contribution in [2.45, 2.75) is 25.7 Å². The quantitative estimate of drug-likeness (QED) is 0.799. The molecular formula is C17H21N5O. The van der Waals surface area contributed by atoms with Crippen LogP contribution in [0.4, 0.5) is 5.82 Å². The molecule has 0 radical (unpaired) electrons. The van der Waals surface area contributed by atoms with E-state index in [9.17, 15) is 0 Å². The molecule has 0 saturated heterocycles. The number of furan rings is 1. The molecule has 1 aliphatic carbocycles. The van der Waals surface area contributed by atoms with Crippen molar-refractivity contribution in [3.05, 3.63) is 23.7 Å². The van der Waals surface area contributed by atoms with Gasteiger partial charge in [0.15, 0.2) is 11.4 Å². The number of anilines is 1. The normalized spacial score (nSPS) is 14.6. The lowest BCUT2D eigenvalue weighted by molar-refractivity contribution is 0.425. The third-order valence-corrected chi connectivity index (χ3v) is 4.37. The Morgan fingerprint density at radius 3 is 2.96 bits per heavy atom. The highest BCUT2D eigenvalue weighted by Crippen LogP contribution is 2.32. The summed E-state index contributed by atoms with van der Waals surface area (Å²) >= 11 is 0. The number of aryl methyl sites for hydroxylation is 2. The molecule has 6 nitrogen and oxygen atoms in total. The van der Waals surface area contributed by atoms with Gasteiger partial charge in [0.2, 0.25) is 5.71 Å². The fourth-order valence-electron chi connectivity index (χ4n) is 3.14. The first-order valence-electron chi connectivity index (χ1n) is 8.17. The first-order chi connectivity index (χ1) is 11.2. The van der Waals surface area contributed by atoms with Gasteiger partial charge in [-0.3, -0.25) is 0 Å². The molecule has 3 aromatic heterocycles. The van der Waals surface area contributed by atoms with Crippen LogP contribution in [0.1, 0.15) is 24.1 Å². The van der Waals surface area contributed by atoms with Gasteiger partial charge in [-0.15, -0.1) is 0 Å². The Labute approximate surface area is 134 Å². The summed E-state index contributed by atoms with van der Waals surface area (Å²) in [7, 11) is 4.10.